The SMILES string of the molecule is CN=C(NCCCc1c[nH]c2ccccc12)N(C)CCc1cccs1. The minimum absolute atomic E-state index is 0.926. The number of fused-ring (bicyclic) bond motifs is 1. The van der Waals surface area contributed by atoms with Crippen molar-refractivity contribution in [3.63, 3.8) is 0 Å². The molecule has 0 unspecified atom stereocenters. The maximum Gasteiger partial charge on any atom is 0.193 e. The van der Waals surface area contributed by atoms with Gasteiger partial charge in [-0.25, -0.2) is 0 Å². The third kappa shape index (κ3) is 4.63. The minimum atomic E-state index is 0.926. The molecule has 0 aliphatic carbocycles. The van der Waals surface area contributed by atoms with E-state index < -0.39 is 0 Å². The number of rotatable bonds is 7. The van der Waals surface area contributed by atoms with E-state index in [1.807, 2.05) is 18.4 Å². The van der Waals surface area contributed by atoms with Crippen LogP contribution in [0.3, 0.4) is 0 Å². The van der Waals surface area contributed by atoms with Gasteiger partial charge in [0.05, 0.1) is 0 Å². The van der Waals surface area contributed by atoms with Crippen molar-refractivity contribution in [2.24, 2.45) is 4.99 Å². The Morgan fingerprint density at radius 3 is 2.88 bits per heavy atom. The van der Waals surface area contributed by atoms with E-state index in [4.69, 9.17) is 0 Å². The van der Waals surface area contributed by atoms with Crippen LogP contribution >= 0.6 is 11.3 Å². The molecular formula is C20H26N4S. The minimum Gasteiger partial charge on any atom is -0.361 e. The second kappa shape index (κ2) is 8.72. The first-order valence-corrected chi connectivity index (χ1v) is 9.65. The summed E-state index contributed by atoms with van der Waals surface area (Å²) in [5, 5.41) is 6.94. The average Bonchev–Trinajstić information content (AvgIpc) is 3.30. The molecule has 2 N–H and O–H groups in total. The number of para-hydroxylation sites is 1. The molecule has 0 fully saturated rings. The molecule has 0 amide bonds. The fourth-order valence-electron chi connectivity index (χ4n) is 3.04. The van der Waals surface area contributed by atoms with Crippen molar-refractivity contribution < 1.29 is 0 Å². The van der Waals surface area contributed by atoms with Crippen molar-refractivity contribution >= 4 is 28.2 Å². The van der Waals surface area contributed by atoms with Crippen molar-refractivity contribution in [3.05, 3.63) is 58.4 Å². The number of likely N-dealkylation sites (N-methyl/N-ethyl adjacent to an activating group) is 1. The maximum atomic E-state index is 4.40. The van der Waals surface area contributed by atoms with Crippen molar-refractivity contribution in [1.29, 1.82) is 0 Å². The standard InChI is InChI=1S/C20H26N4S/c1-21-20(24(2)13-11-17-8-6-14-25-17)22-12-5-7-16-15-23-19-10-4-3-9-18(16)19/h3-4,6,8-10,14-15,23H,5,7,11-13H2,1-2H3,(H,21,22). The smallest absolute Gasteiger partial charge is 0.193 e. The average molecular weight is 355 g/mol. The lowest BCUT2D eigenvalue weighted by molar-refractivity contribution is 0.485. The topological polar surface area (TPSA) is 43.4 Å². The summed E-state index contributed by atoms with van der Waals surface area (Å²) in [7, 11) is 3.95. The Balaban J connectivity index is 1.43. The number of hydrogen-bond acceptors (Lipinski definition) is 2. The molecule has 132 valence electrons. The molecule has 4 nitrogen and oxygen atoms in total. The number of hydrogen-bond donors (Lipinski definition) is 2. The molecule has 1 aromatic carbocycles. The number of nitrogens with one attached hydrogen (secondary N) is 2. The summed E-state index contributed by atoms with van der Waals surface area (Å²) < 4.78 is 0. The molecule has 0 atom stereocenters. The van der Waals surface area contributed by atoms with Crippen LogP contribution in [-0.4, -0.2) is 43.0 Å². The highest BCUT2D eigenvalue weighted by Gasteiger charge is 2.07. The lowest BCUT2D eigenvalue weighted by atomic mass is 10.1. The van der Waals surface area contributed by atoms with Gasteiger partial charge in [-0.2, -0.15) is 0 Å². The molecule has 0 radical (unpaired) electrons. The monoisotopic (exact) mass is 354 g/mol. The van der Waals surface area contributed by atoms with Crippen molar-refractivity contribution in [2.45, 2.75) is 19.3 Å². The van der Waals surface area contributed by atoms with E-state index in [0.29, 0.717) is 0 Å². The summed E-state index contributed by atoms with van der Waals surface area (Å²) in [6.07, 6.45) is 5.34. The number of aromatic amines is 1. The Bertz CT molecular complexity index is 804. The zero-order valence-electron chi connectivity index (χ0n) is 15.0. The zero-order valence-corrected chi connectivity index (χ0v) is 15.8. The van der Waals surface area contributed by atoms with E-state index in [0.717, 1.165) is 38.3 Å². The first-order valence-electron chi connectivity index (χ1n) is 8.77. The van der Waals surface area contributed by atoms with Gasteiger partial charge in [-0.3, -0.25) is 4.99 Å². The van der Waals surface area contributed by atoms with Gasteiger partial charge in [0.25, 0.3) is 0 Å². The van der Waals surface area contributed by atoms with E-state index in [1.54, 1.807) is 0 Å². The number of nitrogens with zero attached hydrogens (tertiary/aromatic N) is 2. The van der Waals surface area contributed by atoms with Crippen molar-refractivity contribution in [1.82, 2.24) is 15.2 Å². The largest absolute Gasteiger partial charge is 0.361 e. The molecule has 3 rings (SSSR count). The van der Waals surface area contributed by atoms with Gasteiger partial charge in [-0.15, -0.1) is 11.3 Å². The highest BCUT2D eigenvalue weighted by Crippen LogP contribution is 2.18. The molecule has 0 aliphatic heterocycles. The van der Waals surface area contributed by atoms with Crippen LogP contribution in [0.1, 0.15) is 16.9 Å². The molecule has 0 aliphatic rings. The summed E-state index contributed by atoms with van der Waals surface area (Å²) in [6, 6.07) is 12.8. The number of guanidine groups is 1. The van der Waals surface area contributed by atoms with Crippen molar-refractivity contribution in [3.8, 4) is 0 Å². The summed E-state index contributed by atoms with van der Waals surface area (Å²) >= 11 is 1.82. The first-order chi connectivity index (χ1) is 12.3. The Hall–Kier alpha value is -2.27. The van der Waals surface area contributed by atoms with Gasteiger partial charge in [0.15, 0.2) is 5.96 Å². The quantitative estimate of drug-likeness (QED) is 0.384. The van der Waals surface area contributed by atoms with E-state index in [-0.39, 0.29) is 0 Å². The van der Waals surface area contributed by atoms with Gasteiger partial charge < -0.3 is 15.2 Å². The van der Waals surface area contributed by atoms with Gasteiger partial charge in [0.2, 0.25) is 0 Å². The highest BCUT2D eigenvalue weighted by molar-refractivity contribution is 7.09. The zero-order chi connectivity index (χ0) is 17.5. The fraction of sp³-hybridized carbons (Fsp3) is 0.350. The molecular weight excluding hydrogens is 328 g/mol. The number of aliphatic imine (C=N–C) groups is 1. The fourth-order valence-corrected chi connectivity index (χ4v) is 3.74. The summed E-state index contributed by atoms with van der Waals surface area (Å²) in [6.45, 7) is 1.90. The van der Waals surface area contributed by atoms with Crippen LogP contribution in [0.2, 0.25) is 0 Å². The van der Waals surface area contributed by atoms with Crippen LogP contribution in [0.25, 0.3) is 10.9 Å². The van der Waals surface area contributed by atoms with Crippen LogP contribution in [0.15, 0.2) is 53.0 Å². The molecule has 5 heteroatoms. The van der Waals surface area contributed by atoms with Gasteiger partial charge in [-0.1, -0.05) is 24.3 Å². The van der Waals surface area contributed by atoms with E-state index in [9.17, 15) is 0 Å². The van der Waals surface area contributed by atoms with Crippen LogP contribution in [0.4, 0.5) is 0 Å². The lowest BCUT2D eigenvalue weighted by Gasteiger charge is -2.21. The predicted molar refractivity (Wildman–Crippen MR) is 109 cm³/mol. The van der Waals surface area contributed by atoms with Gasteiger partial charge in [-0.05, 0) is 42.3 Å². The highest BCUT2D eigenvalue weighted by atomic mass is 32.1. The normalized spacial score (nSPS) is 11.8. The molecule has 0 saturated carbocycles. The lowest BCUT2D eigenvalue weighted by Crippen LogP contribution is -2.40. The second-order valence-electron chi connectivity index (χ2n) is 6.19. The van der Waals surface area contributed by atoms with Crippen LogP contribution < -0.4 is 5.32 Å². The molecule has 0 bridgehead atoms. The Labute approximate surface area is 153 Å². The molecule has 2 aromatic heterocycles. The third-order valence-corrected chi connectivity index (χ3v) is 5.36. The number of aromatic nitrogens is 1. The molecule has 0 spiro atoms. The second-order valence-corrected chi connectivity index (χ2v) is 7.22. The Morgan fingerprint density at radius 1 is 1.20 bits per heavy atom. The van der Waals surface area contributed by atoms with E-state index in [1.165, 1.54) is 21.3 Å². The molecule has 0 saturated heterocycles. The van der Waals surface area contributed by atoms with Crippen LogP contribution in [0.5, 0.6) is 0 Å². The molecule has 2 heterocycles. The summed E-state index contributed by atoms with van der Waals surface area (Å²) in [4.78, 5) is 11.4. The van der Waals surface area contributed by atoms with Crippen LogP contribution in [-0.2, 0) is 12.8 Å². The van der Waals surface area contributed by atoms with E-state index in [2.05, 4.69) is 75.2 Å². The van der Waals surface area contributed by atoms with E-state index >= 15 is 0 Å². The Kier molecular flexibility index (Phi) is 6.12. The number of H-pyrrole nitrogens is 1. The number of thiophene rings is 1. The Morgan fingerprint density at radius 2 is 2.08 bits per heavy atom. The number of aryl methyl sites for hydroxylation is 1. The third-order valence-electron chi connectivity index (χ3n) is 4.43. The van der Waals surface area contributed by atoms with Gasteiger partial charge >= 0.3 is 0 Å². The molecule has 3 aromatic rings. The van der Waals surface area contributed by atoms with Gasteiger partial charge in [0.1, 0.15) is 0 Å². The van der Waals surface area contributed by atoms with Crippen LogP contribution in [0, 0.1) is 0 Å². The predicted octanol–water partition coefficient (Wildman–Crippen LogP) is 3.91. The number of benzene rings is 1. The maximum absolute atomic E-state index is 4.40. The summed E-state index contributed by atoms with van der Waals surface area (Å²) in [5.41, 5.74) is 2.60. The summed E-state index contributed by atoms with van der Waals surface area (Å²) in [5.74, 6) is 0.968. The first kappa shape index (κ1) is 17.5. The van der Waals surface area contributed by atoms with Gasteiger partial charge in [0, 0.05) is 49.2 Å². The molecule has 25 heavy (non-hydrogen) atoms. The van der Waals surface area contributed by atoms with Crippen molar-refractivity contribution in [2.75, 3.05) is 27.2 Å².